The second-order valence-corrected chi connectivity index (χ2v) is 7.87. The van der Waals surface area contributed by atoms with E-state index in [1.165, 1.54) is 6.33 Å². The van der Waals surface area contributed by atoms with Gasteiger partial charge in [0.1, 0.15) is 22.0 Å². The Kier molecular flexibility index (Phi) is 3.81. The van der Waals surface area contributed by atoms with Crippen LogP contribution in [-0.2, 0) is 16.3 Å². The smallest absolute Gasteiger partial charge is 0.187 e. The lowest BCUT2D eigenvalue weighted by Gasteiger charge is -2.07. The molecule has 4 N–H and O–H groups in total. The zero-order valence-corrected chi connectivity index (χ0v) is 12.9. The summed E-state index contributed by atoms with van der Waals surface area (Å²) >= 11 is 1.10. The quantitative estimate of drug-likeness (QED) is 0.642. The lowest BCUT2D eigenvalue weighted by molar-refractivity contribution is 0.595. The van der Waals surface area contributed by atoms with E-state index in [2.05, 4.69) is 24.9 Å². The Balaban J connectivity index is 1.63. The second kappa shape index (κ2) is 5.60. The van der Waals surface area contributed by atoms with E-state index in [1.807, 2.05) is 0 Å². The summed E-state index contributed by atoms with van der Waals surface area (Å²) in [6.45, 7) is 0.621. The van der Waals surface area contributed by atoms with Crippen LogP contribution in [-0.4, -0.2) is 39.8 Å². The first kappa shape index (κ1) is 14.3. The number of aromatic nitrogens is 4. The number of hydrogen-bond acceptors (Lipinski definition) is 8. The molecule has 1 fully saturated rings. The van der Waals surface area contributed by atoms with Gasteiger partial charge in [0.05, 0.1) is 5.25 Å². The number of H-pyrrole nitrogens is 1. The fraction of sp³-hybridized carbons (Fsp3) is 0.545. The maximum atomic E-state index is 12.3. The molecule has 0 amide bonds. The van der Waals surface area contributed by atoms with Crippen molar-refractivity contribution in [2.45, 2.75) is 35.8 Å². The molecule has 2 heterocycles. The summed E-state index contributed by atoms with van der Waals surface area (Å²) in [5.74, 6) is 0.913. The average molecular weight is 328 g/mol. The Labute approximate surface area is 126 Å². The molecule has 1 saturated carbocycles. The minimum Gasteiger partial charge on any atom is -0.382 e. The Morgan fingerprint density at radius 2 is 2.29 bits per heavy atom. The summed E-state index contributed by atoms with van der Waals surface area (Å²) in [4.78, 5) is 4.21. The molecule has 21 heavy (non-hydrogen) atoms. The standard InChI is InChI=1S/C11H16N6O2S2/c12-10-9(21(18,19)7-3-4-7)11(20-17-10)13-5-1-2-8-14-6-15-16-8/h6-7,13H,1-5H2,(H2,12,17)(H,14,15,16). The van der Waals surface area contributed by atoms with Gasteiger partial charge in [-0.2, -0.15) is 9.47 Å². The van der Waals surface area contributed by atoms with Gasteiger partial charge in [-0.1, -0.05) is 0 Å². The van der Waals surface area contributed by atoms with Crippen molar-refractivity contribution in [3.63, 3.8) is 0 Å². The van der Waals surface area contributed by atoms with Crippen molar-refractivity contribution < 1.29 is 8.42 Å². The van der Waals surface area contributed by atoms with Crippen LogP contribution in [0.4, 0.5) is 10.8 Å². The minimum atomic E-state index is -3.33. The van der Waals surface area contributed by atoms with E-state index in [4.69, 9.17) is 5.73 Å². The van der Waals surface area contributed by atoms with Gasteiger partial charge in [0.15, 0.2) is 15.7 Å². The number of nitrogens with one attached hydrogen (secondary N) is 2. The van der Waals surface area contributed by atoms with Crippen LogP contribution in [0.3, 0.4) is 0 Å². The van der Waals surface area contributed by atoms with Crippen molar-refractivity contribution in [2.24, 2.45) is 0 Å². The largest absolute Gasteiger partial charge is 0.382 e. The van der Waals surface area contributed by atoms with E-state index in [9.17, 15) is 8.42 Å². The number of hydrogen-bond donors (Lipinski definition) is 3. The molecule has 114 valence electrons. The normalized spacial score (nSPS) is 15.2. The minimum absolute atomic E-state index is 0.102. The lowest BCUT2D eigenvalue weighted by atomic mass is 10.3. The third-order valence-corrected chi connectivity index (χ3v) is 6.54. The molecule has 0 bridgehead atoms. The Hall–Kier alpha value is -1.68. The Morgan fingerprint density at radius 1 is 1.48 bits per heavy atom. The van der Waals surface area contributed by atoms with E-state index < -0.39 is 9.84 Å². The Morgan fingerprint density at radius 3 is 2.95 bits per heavy atom. The molecule has 2 aromatic rings. The molecule has 3 rings (SSSR count). The van der Waals surface area contributed by atoms with Gasteiger partial charge in [-0.05, 0) is 30.8 Å². The van der Waals surface area contributed by atoms with Crippen LogP contribution in [0.5, 0.6) is 0 Å². The third-order valence-electron chi connectivity index (χ3n) is 3.26. The van der Waals surface area contributed by atoms with Crippen molar-refractivity contribution in [2.75, 3.05) is 17.6 Å². The number of nitrogens with two attached hydrogens (primary N) is 1. The predicted molar refractivity (Wildman–Crippen MR) is 79.9 cm³/mol. The van der Waals surface area contributed by atoms with Crippen LogP contribution in [0, 0.1) is 0 Å². The predicted octanol–water partition coefficient (Wildman–Crippen LogP) is 0.824. The fourth-order valence-electron chi connectivity index (χ4n) is 2.04. The highest BCUT2D eigenvalue weighted by atomic mass is 32.2. The molecule has 1 aliphatic carbocycles. The molecule has 0 saturated heterocycles. The maximum Gasteiger partial charge on any atom is 0.187 e. The van der Waals surface area contributed by atoms with Crippen molar-refractivity contribution in [1.29, 1.82) is 0 Å². The van der Waals surface area contributed by atoms with Gasteiger partial charge in [0.25, 0.3) is 0 Å². The van der Waals surface area contributed by atoms with Crippen molar-refractivity contribution in [1.82, 2.24) is 19.6 Å². The van der Waals surface area contributed by atoms with Gasteiger partial charge in [0.2, 0.25) is 0 Å². The molecule has 0 unspecified atom stereocenters. The fourth-order valence-corrected chi connectivity index (χ4v) is 4.95. The highest BCUT2D eigenvalue weighted by Crippen LogP contribution is 2.40. The molecule has 1 aliphatic rings. The van der Waals surface area contributed by atoms with E-state index in [0.29, 0.717) is 24.4 Å². The highest BCUT2D eigenvalue weighted by molar-refractivity contribution is 7.92. The lowest BCUT2D eigenvalue weighted by Crippen LogP contribution is -2.12. The van der Waals surface area contributed by atoms with Crippen LogP contribution in [0.15, 0.2) is 11.2 Å². The van der Waals surface area contributed by atoms with Crippen molar-refractivity contribution in [3.8, 4) is 0 Å². The summed E-state index contributed by atoms with van der Waals surface area (Å²) in [5, 5.41) is 9.93. The number of nitrogens with zero attached hydrogens (tertiary/aromatic N) is 3. The van der Waals surface area contributed by atoms with Gasteiger partial charge in [0, 0.05) is 13.0 Å². The zero-order chi connectivity index (χ0) is 14.9. The molecule has 2 aromatic heterocycles. The summed E-state index contributed by atoms with van der Waals surface area (Å²) in [6, 6.07) is 0. The molecule has 0 radical (unpaired) electrons. The summed E-state index contributed by atoms with van der Waals surface area (Å²) in [5.41, 5.74) is 5.73. The van der Waals surface area contributed by atoms with Gasteiger partial charge in [-0.15, -0.1) is 0 Å². The van der Waals surface area contributed by atoms with Gasteiger partial charge < -0.3 is 11.1 Å². The first-order valence-electron chi connectivity index (χ1n) is 6.66. The number of aryl methyl sites for hydroxylation is 1. The van der Waals surface area contributed by atoms with Crippen LogP contribution < -0.4 is 11.1 Å². The van der Waals surface area contributed by atoms with Gasteiger partial charge in [-0.3, -0.25) is 5.10 Å². The van der Waals surface area contributed by atoms with Crippen molar-refractivity contribution >= 4 is 32.2 Å². The molecule has 8 nitrogen and oxygen atoms in total. The number of sulfone groups is 1. The molecule has 0 aromatic carbocycles. The molecule has 0 aliphatic heterocycles. The van der Waals surface area contributed by atoms with E-state index in [-0.39, 0.29) is 16.0 Å². The number of aromatic amines is 1. The zero-order valence-electron chi connectivity index (χ0n) is 11.2. The Bertz CT molecular complexity index is 705. The first-order valence-corrected chi connectivity index (χ1v) is 8.98. The van der Waals surface area contributed by atoms with Crippen LogP contribution >= 0.6 is 11.5 Å². The SMILES string of the molecule is Nc1nsc(NCCCc2ncn[nH]2)c1S(=O)(=O)C1CC1. The number of anilines is 2. The van der Waals surface area contributed by atoms with Crippen LogP contribution in [0.25, 0.3) is 0 Å². The van der Waals surface area contributed by atoms with Gasteiger partial charge in [-0.25, -0.2) is 13.4 Å². The maximum absolute atomic E-state index is 12.3. The van der Waals surface area contributed by atoms with Crippen LogP contribution in [0.1, 0.15) is 25.1 Å². The highest BCUT2D eigenvalue weighted by Gasteiger charge is 2.40. The first-order chi connectivity index (χ1) is 10.1. The summed E-state index contributed by atoms with van der Waals surface area (Å²) in [6.07, 6.45) is 4.43. The molecule has 10 heteroatoms. The molecular weight excluding hydrogens is 312 g/mol. The monoisotopic (exact) mass is 328 g/mol. The summed E-state index contributed by atoms with van der Waals surface area (Å²) < 4.78 is 28.7. The van der Waals surface area contributed by atoms with Crippen molar-refractivity contribution in [3.05, 3.63) is 12.2 Å². The molecular formula is C11H16N6O2S2. The average Bonchev–Trinajstić information content (AvgIpc) is 3.07. The van der Waals surface area contributed by atoms with E-state index >= 15 is 0 Å². The van der Waals surface area contributed by atoms with E-state index in [0.717, 1.165) is 30.2 Å². The number of nitrogen functional groups attached to an aromatic ring is 1. The van der Waals surface area contributed by atoms with Gasteiger partial charge >= 0.3 is 0 Å². The molecule has 0 spiro atoms. The van der Waals surface area contributed by atoms with Crippen LogP contribution in [0.2, 0.25) is 0 Å². The third kappa shape index (κ3) is 3.00. The van der Waals surface area contributed by atoms with E-state index in [1.54, 1.807) is 0 Å². The molecule has 0 atom stereocenters. The number of rotatable bonds is 7. The summed E-state index contributed by atoms with van der Waals surface area (Å²) in [7, 11) is -3.33. The second-order valence-electron chi connectivity index (χ2n) is 4.93. The topological polar surface area (TPSA) is 127 Å².